The predicted octanol–water partition coefficient (Wildman–Crippen LogP) is -0.0959. The van der Waals surface area contributed by atoms with E-state index in [2.05, 4.69) is 21.8 Å². The van der Waals surface area contributed by atoms with Gasteiger partial charge in [-0.25, -0.2) is 4.98 Å². The monoisotopic (exact) mass is 299 g/mol. The number of hydrogen-bond donors (Lipinski definition) is 1. The van der Waals surface area contributed by atoms with Gasteiger partial charge < -0.3 is 15.1 Å². The molecule has 2 heterocycles. The molecule has 0 aromatic carbocycles. The maximum absolute atomic E-state index is 12.0. The van der Waals surface area contributed by atoms with Crippen LogP contribution in [0.1, 0.15) is 5.69 Å². The van der Waals surface area contributed by atoms with Crippen LogP contribution in [0.25, 0.3) is 0 Å². The number of nitrogens with one attached hydrogen (secondary N) is 1. The van der Waals surface area contributed by atoms with Crippen molar-refractivity contribution in [3.63, 3.8) is 0 Å². The van der Waals surface area contributed by atoms with Crippen LogP contribution in [-0.2, 0) is 9.59 Å². The van der Waals surface area contributed by atoms with Gasteiger partial charge in [-0.2, -0.15) is 5.26 Å². The van der Waals surface area contributed by atoms with Gasteiger partial charge in [0.1, 0.15) is 11.8 Å². The number of hydrogen-bond acceptors (Lipinski definition) is 5. The first kappa shape index (κ1) is 15.5. The fourth-order valence-corrected chi connectivity index (χ4v) is 2.20. The Bertz CT molecular complexity index is 597. The van der Waals surface area contributed by atoms with Crippen LogP contribution in [0.2, 0.25) is 0 Å². The lowest BCUT2D eigenvalue weighted by molar-refractivity contribution is -0.132. The molecule has 1 saturated heterocycles. The van der Waals surface area contributed by atoms with Crippen LogP contribution in [0.3, 0.4) is 0 Å². The van der Waals surface area contributed by atoms with E-state index >= 15 is 0 Å². The zero-order valence-corrected chi connectivity index (χ0v) is 12.2. The lowest BCUT2D eigenvalue weighted by Crippen LogP contribution is -2.51. The van der Waals surface area contributed by atoms with E-state index in [0.717, 1.165) is 11.8 Å². The van der Waals surface area contributed by atoms with Gasteiger partial charge in [0.15, 0.2) is 0 Å². The molecule has 2 rings (SSSR count). The molecule has 1 N–H and O–H groups in total. The van der Waals surface area contributed by atoms with Gasteiger partial charge in [0, 0.05) is 26.2 Å². The van der Waals surface area contributed by atoms with E-state index in [-0.39, 0.29) is 18.4 Å². The van der Waals surface area contributed by atoms with E-state index in [4.69, 9.17) is 5.26 Å². The van der Waals surface area contributed by atoms with E-state index in [0.29, 0.717) is 31.9 Å². The van der Waals surface area contributed by atoms with Crippen molar-refractivity contribution in [2.45, 2.75) is 0 Å². The molecule has 0 unspecified atom stereocenters. The summed E-state index contributed by atoms with van der Waals surface area (Å²) in [5, 5.41) is 11.2. The van der Waals surface area contributed by atoms with E-state index in [1.54, 1.807) is 17.2 Å². The molecule has 1 aromatic heterocycles. The molecule has 1 aliphatic rings. The molecule has 0 atom stereocenters. The van der Waals surface area contributed by atoms with Gasteiger partial charge in [-0.15, -0.1) is 0 Å². The van der Waals surface area contributed by atoms with Crippen LogP contribution in [0, 0.1) is 11.3 Å². The van der Waals surface area contributed by atoms with Gasteiger partial charge in [0.2, 0.25) is 11.8 Å². The minimum absolute atomic E-state index is 0.0106. The van der Waals surface area contributed by atoms with Crippen LogP contribution in [0.4, 0.5) is 5.69 Å². The second-order valence-electron chi connectivity index (χ2n) is 4.80. The lowest BCUT2D eigenvalue weighted by atomic mass is 10.2. The van der Waals surface area contributed by atoms with Crippen LogP contribution < -0.4 is 10.2 Å². The molecule has 0 aliphatic carbocycles. The third kappa shape index (κ3) is 3.82. The largest absolute Gasteiger partial charge is 0.367 e. The van der Waals surface area contributed by atoms with E-state index in [9.17, 15) is 9.59 Å². The minimum atomic E-state index is -0.351. The standard InChI is InChI=1S/C15H17N5O2/c1-2-14(21)18-11-15(22)20-7-5-19(6-8-20)13-4-3-12(9-16)17-10-13/h2-4,10H,1,5-8,11H2,(H,18,21). The number of piperazine rings is 1. The number of amides is 2. The Morgan fingerprint density at radius 3 is 2.64 bits per heavy atom. The highest BCUT2D eigenvalue weighted by atomic mass is 16.2. The maximum Gasteiger partial charge on any atom is 0.243 e. The molecule has 0 saturated carbocycles. The fourth-order valence-electron chi connectivity index (χ4n) is 2.20. The minimum Gasteiger partial charge on any atom is -0.367 e. The Labute approximate surface area is 128 Å². The molecule has 114 valence electrons. The van der Waals surface area contributed by atoms with Crippen molar-refractivity contribution in [1.82, 2.24) is 15.2 Å². The first-order chi connectivity index (χ1) is 10.6. The van der Waals surface area contributed by atoms with Gasteiger partial charge >= 0.3 is 0 Å². The molecular formula is C15H17N5O2. The highest BCUT2D eigenvalue weighted by Crippen LogP contribution is 2.15. The summed E-state index contributed by atoms with van der Waals surface area (Å²) in [7, 11) is 0. The highest BCUT2D eigenvalue weighted by Gasteiger charge is 2.21. The topological polar surface area (TPSA) is 89.3 Å². The predicted molar refractivity (Wildman–Crippen MR) is 81.0 cm³/mol. The Balaban J connectivity index is 1.84. The number of aromatic nitrogens is 1. The third-order valence-electron chi connectivity index (χ3n) is 3.46. The summed E-state index contributed by atoms with van der Waals surface area (Å²) in [6.07, 6.45) is 2.81. The molecule has 1 fully saturated rings. The first-order valence-electron chi connectivity index (χ1n) is 6.93. The second-order valence-corrected chi connectivity index (χ2v) is 4.80. The highest BCUT2D eigenvalue weighted by molar-refractivity contribution is 5.90. The van der Waals surface area contributed by atoms with Crippen molar-refractivity contribution in [2.75, 3.05) is 37.6 Å². The van der Waals surface area contributed by atoms with Crippen LogP contribution in [0.5, 0.6) is 0 Å². The molecular weight excluding hydrogens is 282 g/mol. The molecule has 0 spiro atoms. The summed E-state index contributed by atoms with van der Waals surface area (Å²) in [6.45, 7) is 5.88. The van der Waals surface area contributed by atoms with Crippen molar-refractivity contribution in [2.24, 2.45) is 0 Å². The zero-order chi connectivity index (χ0) is 15.9. The number of carbonyl (C=O) groups excluding carboxylic acids is 2. The number of nitrogens with zero attached hydrogens (tertiary/aromatic N) is 4. The molecule has 22 heavy (non-hydrogen) atoms. The number of pyridine rings is 1. The molecule has 1 aromatic rings. The number of rotatable bonds is 4. The van der Waals surface area contributed by atoms with Crippen LogP contribution in [-0.4, -0.2) is 54.4 Å². The Morgan fingerprint density at radius 1 is 1.36 bits per heavy atom. The number of anilines is 1. The number of carbonyl (C=O) groups is 2. The molecule has 0 radical (unpaired) electrons. The summed E-state index contributed by atoms with van der Waals surface area (Å²) in [4.78, 5) is 30.9. The van der Waals surface area contributed by atoms with Crippen molar-refractivity contribution in [3.8, 4) is 6.07 Å². The van der Waals surface area contributed by atoms with Crippen LogP contribution >= 0.6 is 0 Å². The normalized spacial score (nSPS) is 14.1. The SMILES string of the molecule is C=CC(=O)NCC(=O)N1CCN(c2ccc(C#N)nc2)CC1. The lowest BCUT2D eigenvalue weighted by Gasteiger charge is -2.36. The fraction of sp³-hybridized carbons (Fsp3) is 0.333. The average Bonchev–Trinajstić information content (AvgIpc) is 2.59. The zero-order valence-electron chi connectivity index (χ0n) is 12.2. The second kappa shape index (κ2) is 7.22. The summed E-state index contributed by atoms with van der Waals surface area (Å²) < 4.78 is 0. The molecule has 7 nitrogen and oxygen atoms in total. The Kier molecular flexibility index (Phi) is 5.09. The van der Waals surface area contributed by atoms with Crippen molar-refractivity contribution in [3.05, 3.63) is 36.7 Å². The Hall–Kier alpha value is -2.88. The van der Waals surface area contributed by atoms with Crippen molar-refractivity contribution >= 4 is 17.5 Å². The Morgan fingerprint density at radius 2 is 2.09 bits per heavy atom. The van der Waals surface area contributed by atoms with Gasteiger partial charge in [-0.1, -0.05) is 6.58 Å². The summed E-state index contributed by atoms with van der Waals surface area (Å²) in [5.41, 5.74) is 1.32. The van der Waals surface area contributed by atoms with Gasteiger partial charge in [0.25, 0.3) is 0 Å². The van der Waals surface area contributed by atoms with E-state index in [1.165, 1.54) is 0 Å². The summed E-state index contributed by atoms with van der Waals surface area (Å²) in [6, 6.07) is 5.52. The number of nitriles is 1. The smallest absolute Gasteiger partial charge is 0.243 e. The summed E-state index contributed by atoms with van der Waals surface area (Å²) >= 11 is 0. The van der Waals surface area contributed by atoms with Crippen molar-refractivity contribution < 1.29 is 9.59 Å². The molecule has 7 heteroatoms. The maximum atomic E-state index is 12.0. The molecule has 2 amide bonds. The quantitative estimate of drug-likeness (QED) is 0.785. The molecule has 0 bridgehead atoms. The first-order valence-corrected chi connectivity index (χ1v) is 6.93. The van der Waals surface area contributed by atoms with Gasteiger partial charge in [-0.05, 0) is 18.2 Å². The van der Waals surface area contributed by atoms with Gasteiger partial charge in [0.05, 0.1) is 18.4 Å². The third-order valence-corrected chi connectivity index (χ3v) is 3.46. The average molecular weight is 299 g/mol. The molecule has 1 aliphatic heterocycles. The van der Waals surface area contributed by atoms with Crippen molar-refractivity contribution in [1.29, 1.82) is 5.26 Å². The summed E-state index contributed by atoms with van der Waals surface area (Å²) in [5.74, 6) is -0.455. The van der Waals surface area contributed by atoms with E-state index < -0.39 is 0 Å². The van der Waals surface area contributed by atoms with E-state index in [1.807, 2.05) is 12.1 Å². The van der Waals surface area contributed by atoms with Gasteiger partial charge in [-0.3, -0.25) is 9.59 Å². The van der Waals surface area contributed by atoms with Crippen LogP contribution in [0.15, 0.2) is 31.0 Å².